The number of piperazine rings is 1. The van der Waals surface area contributed by atoms with Crippen LogP contribution in [0.3, 0.4) is 0 Å². The van der Waals surface area contributed by atoms with Crippen molar-refractivity contribution in [2.45, 2.75) is 13.2 Å². The molecule has 1 aliphatic rings. The molecule has 30 heavy (non-hydrogen) atoms. The largest absolute Gasteiger partial charge is 0.465 e. The summed E-state index contributed by atoms with van der Waals surface area (Å²) in [5.41, 5.74) is 8.21. The highest BCUT2D eigenvalue weighted by molar-refractivity contribution is 5.91. The van der Waals surface area contributed by atoms with Gasteiger partial charge in [0.25, 0.3) is 0 Å². The molecule has 1 aliphatic heterocycles. The van der Waals surface area contributed by atoms with Gasteiger partial charge in [0.05, 0.1) is 36.4 Å². The summed E-state index contributed by atoms with van der Waals surface area (Å²) in [5.74, 6) is -0.644. The number of methoxy groups -OCH3 is 1. The van der Waals surface area contributed by atoms with E-state index in [9.17, 15) is 9.18 Å². The number of benzene rings is 1. The van der Waals surface area contributed by atoms with Gasteiger partial charge in [-0.3, -0.25) is 10.3 Å². The number of ether oxygens (including phenoxy) is 1. The number of amides is 1. The van der Waals surface area contributed by atoms with E-state index < -0.39 is 6.09 Å². The van der Waals surface area contributed by atoms with Gasteiger partial charge >= 0.3 is 6.09 Å². The van der Waals surface area contributed by atoms with E-state index in [-0.39, 0.29) is 18.3 Å². The van der Waals surface area contributed by atoms with Gasteiger partial charge in [-0.15, -0.1) is 0 Å². The molecule has 3 rings (SSSR count). The van der Waals surface area contributed by atoms with Crippen LogP contribution >= 0.6 is 0 Å². The Kier molecular flexibility index (Phi) is 7.02. The second-order valence-electron chi connectivity index (χ2n) is 6.80. The Morgan fingerprint density at radius 2 is 2.00 bits per heavy atom. The summed E-state index contributed by atoms with van der Waals surface area (Å²) in [7, 11) is 1.64. The van der Waals surface area contributed by atoms with Gasteiger partial charge < -0.3 is 25.4 Å². The number of rotatable bonds is 6. The Bertz CT molecular complexity index is 898. The zero-order chi connectivity index (χ0) is 21.5. The summed E-state index contributed by atoms with van der Waals surface area (Å²) in [5, 5.41) is 10.6. The van der Waals surface area contributed by atoms with Crippen LogP contribution in [0.15, 0.2) is 41.5 Å². The van der Waals surface area contributed by atoms with Crippen molar-refractivity contribution in [3.8, 4) is 0 Å². The van der Waals surface area contributed by atoms with E-state index in [1.807, 2.05) is 28.5 Å². The first kappa shape index (κ1) is 21.3. The Balaban J connectivity index is 1.63. The predicted octanol–water partition coefficient (Wildman–Crippen LogP) is 1.78. The van der Waals surface area contributed by atoms with Crippen molar-refractivity contribution in [1.82, 2.24) is 10.3 Å². The quantitative estimate of drug-likeness (QED) is 0.485. The maximum atomic E-state index is 15.0. The second kappa shape index (κ2) is 9.88. The lowest BCUT2D eigenvalue weighted by atomic mass is 10.1. The molecule has 0 saturated carbocycles. The standard InChI is InChI=1S/C20H25FN6O3/c1-30-13-15-5-6-16(12-23-15)26-7-9-27(10-8-26)17-4-2-3-14(18(17)21)11-24-19(22)25-20(28)29/h2-6,12H,7-11,13H2,1H3,(H,28,29)(H3,22,24,25). The smallest absolute Gasteiger partial charge is 0.411 e. The van der Waals surface area contributed by atoms with E-state index in [1.54, 1.807) is 25.3 Å². The minimum atomic E-state index is -1.31. The molecule has 0 aliphatic carbocycles. The fourth-order valence-corrected chi connectivity index (χ4v) is 3.29. The first-order chi connectivity index (χ1) is 14.5. The Labute approximate surface area is 174 Å². The number of nitrogens with one attached hydrogen (secondary N) is 1. The number of halogens is 1. The van der Waals surface area contributed by atoms with Crippen LogP contribution in [0, 0.1) is 5.82 Å². The number of nitrogens with two attached hydrogens (primary N) is 1. The van der Waals surface area contributed by atoms with Crippen molar-refractivity contribution < 1.29 is 19.0 Å². The van der Waals surface area contributed by atoms with Crippen LogP contribution in [0.25, 0.3) is 0 Å². The first-order valence-electron chi connectivity index (χ1n) is 9.49. The van der Waals surface area contributed by atoms with Crippen molar-refractivity contribution in [3.05, 3.63) is 53.6 Å². The third kappa shape index (κ3) is 5.35. The van der Waals surface area contributed by atoms with E-state index in [0.29, 0.717) is 30.9 Å². The third-order valence-electron chi connectivity index (χ3n) is 4.80. The molecule has 1 aromatic carbocycles. The average Bonchev–Trinajstić information content (AvgIpc) is 2.73. The molecule has 160 valence electrons. The zero-order valence-electron chi connectivity index (χ0n) is 16.7. The summed E-state index contributed by atoms with van der Waals surface area (Å²) >= 11 is 0. The highest BCUT2D eigenvalue weighted by Crippen LogP contribution is 2.25. The Morgan fingerprint density at radius 3 is 2.63 bits per heavy atom. The van der Waals surface area contributed by atoms with E-state index in [4.69, 9.17) is 15.6 Å². The summed E-state index contributed by atoms with van der Waals surface area (Å²) in [6.45, 7) is 3.22. The second-order valence-corrected chi connectivity index (χ2v) is 6.80. The van der Waals surface area contributed by atoms with Gasteiger partial charge in [-0.25, -0.2) is 14.2 Å². The number of aliphatic imine (C=N–C) groups is 1. The lowest BCUT2D eigenvalue weighted by Crippen LogP contribution is -2.47. The van der Waals surface area contributed by atoms with E-state index >= 15 is 0 Å². The van der Waals surface area contributed by atoms with Gasteiger partial charge in [0.2, 0.25) is 0 Å². The van der Waals surface area contributed by atoms with Crippen LogP contribution in [0.1, 0.15) is 11.3 Å². The SMILES string of the molecule is COCc1ccc(N2CCN(c3cccc(CN=C(N)NC(=O)O)c3F)CC2)cn1. The number of hydrogen-bond acceptors (Lipinski definition) is 6. The first-order valence-corrected chi connectivity index (χ1v) is 9.49. The van der Waals surface area contributed by atoms with Crippen LogP contribution < -0.4 is 20.9 Å². The summed E-state index contributed by atoms with van der Waals surface area (Å²) < 4.78 is 20.1. The highest BCUT2D eigenvalue weighted by atomic mass is 19.1. The molecule has 2 heterocycles. The average molecular weight is 416 g/mol. The number of carboxylic acid groups (broad SMARTS) is 1. The number of guanidine groups is 1. The van der Waals surface area contributed by atoms with Gasteiger partial charge in [-0.05, 0) is 18.2 Å². The molecule has 1 aromatic heterocycles. The molecule has 0 atom stereocenters. The van der Waals surface area contributed by atoms with Crippen molar-refractivity contribution in [2.24, 2.45) is 10.7 Å². The molecule has 2 aromatic rings. The molecular weight excluding hydrogens is 391 g/mol. The van der Waals surface area contributed by atoms with Crippen LogP contribution in [-0.4, -0.2) is 55.4 Å². The maximum Gasteiger partial charge on any atom is 0.411 e. The molecule has 0 spiro atoms. The minimum Gasteiger partial charge on any atom is -0.465 e. The topological polar surface area (TPSA) is 116 Å². The molecule has 1 saturated heterocycles. The fraction of sp³-hybridized carbons (Fsp3) is 0.350. The van der Waals surface area contributed by atoms with Crippen LogP contribution in [0.2, 0.25) is 0 Å². The van der Waals surface area contributed by atoms with Gasteiger partial charge in [0.15, 0.2) is 11.8 Å². The Morgan fingerprint density at radius 1 is 1.27 bits per heavy atom. The molecular formula is C20H25FN6O3. The fourth-order valence-electron chi connectivity index (χ4n) is 3.29. The van der Waals surface area contributed by atoms with E-state index in [2.05, 4.69) is 14.9 Å². The number of carbonyl (C=O) groups is 1. The van der Waals surface area contributed by atoms with Gasteiger partial charge in [0, 0.05) is 38.9 Å². The maximum absolute atomic E-state index is 15.0. The molecule has 0 unspecified atom stereocenters. The van der Waals surface area contributed by atoms with E-state index in [1.165, 1.54) is 0 Å². The Hall–Kier alpha value is -3.40. The van der Waals surface area contributed by atoms with E-state index in [0.717, 1.165) is 24.5 Å². The number of pyridine rings is 1. The van der Waals surface area contributed by atoms with Gasteiger partial charge in [-0.2, -0.15) is 0 Å². The molecule has 0 radical (unpaired) electrons. The minimum absolute atomic E-state index is 0.0504. The lowest BCUT2D eigenvalue weighted by molar-refractivity contribution is 0.181. The number of aromatic nitrogens is 1. The van der Waals surface area contributed by atoms with Crippen molar-refractivity contribution >= 4 is 23.4 Å². The molecule has 1 fully saturated rings. The van der Waals surface area contributed by atoms with Gasteiger partial charge in [-0.1, -0.05) is 12.1 Å². The van der Waals surface area contributed by atoms with Crippen LogP contribution in [-0.2, 0) is 17.9 Å². The zero-order valence-corrected chi connectivity index (χ0v) is 16.7. The summed E-state index contributed by atoms with van der Waals surface area (Å²) in [6, 6.07) is 9.07. The highest BCUT2D eigenvalue weighted by Gasteiger charge is 2.21. The number of anilines is 2. The molecule has 9 nitrogen and oxygen atoms in total. The number of hydrogen-bond donors (Lipinski definition) is 3. The number of nitrogens with zero attached hydrogens (tertiary/aromatic N) is 4. The molecule has 4 N–H and O–H groups in total. The molecule has 1 amide bonds. The molecule has 10 heteroatoms. The lowest BCUT2D eigenvalue weighted by Gasteiger charge is -2.37. The van der Waals surface area contributed by atoms with Crippen molar-refractivity contribution in [1.29, 1.82) is 0 Å². The monoisotopic (exact) mass is 416 g/mol. The summed E-state index contributed by atoms with van der Waals surface area (Å²) in [4.78, 5) is 23.0. The van der Waals surface area contributed by atoms with Crippen molar-refractivity contribution in [2.75, 3.05) is 43.1 Å². The molecule has 0 bridgehead atoms. The van der Waals surface area contributed by atoms with Crippen LogP contribution in [0.5, 0.6) is 0 Å². The van der Waals surface area contributed by atoms with Crippen LogP contribution in [0.4, 0.5) is 20.6 Å². The predicted molar refractivity (Wildman–Crippen MR) is 112 cm³/mol. The van der Waals surface area contributed by atoms with Crippen molar-refractivity contribution in [3.63, 3.8) is 0 Å². The van der Waals surface area contributed by atoms with Gasteiger partial charge in [0.1, 0.15) is 0 Å². The summed E-state index contributed by atoms with van der Waals surface area (Å²) in [6.07, 6.45) is 0.519. The third-order valence-corrected chi connectivity index (χ3v) is 4.80. The normalized spacial score (nSPS) is 14.7.